The summed E-state index contributed by atoms with van der Waals surface area (Å²) in [6, 6.07) is 13.0. The Hall–Kier alpha value is -2.87. The molecule has 5 rings (SSSR count). The molecule has 2 aromatic heterocycles. The minimum atomic E-state index is 0.257. The summed E-state index contributed by atoms with van der Waals surface area (Å²) in [4.78, 5) is 11.2. The summed E-state index contributed by atoms with van der Waals surface area (Å²) >= 11 is 0. The first-order chi connectivity index (χ1) is 14.3. The lowest BCUT2D eigenvalue weighted by Gasteiger charge is -2.24. The Bertz CT molecular complexity index is 1050. The Balaban J connectivity index is 1.46. The Morgan fingerprint density at radius 2 is 2.00 bits per heavy atom. The molecule has 0 unspecified atom stereocenters. The van der Waals surface area contributed by atoms with E-state index in [9.17, 15) is 5.26 Å². The van der Waals surface area contributed by atoms with Gasteiger partial charge in [0.25, 0.3) is 0 Å². The molecule has 1 fully saturated rings. The van der Waals surface area contributed by atoms with Gasteiger partial charge in [-0.25, -0.2) is 9.97 Å². The van der Waals surface area contributed by atoms with E-state index in [1.54, 1.807) is 6.20 Å². The molecule has 3 heterocycles. The van der Waals surface area contributed by atoms with Crippen LogP contribution in [0.3, 0.4) is 0 Å². The molecule has 0 amide bonds. The van der Waals surface area contributed by atoms with Crippen LogP contribution in [-0.4, -0.2) is 21.1 Å². The van der Waals surface area contributed by atoms with E-state index in [4.69, 9.17) is 0 Å². The molecule has 0 bridgehead atoms. The highest BCUT2D eigenvalue weighted by atomic mass is 15.2. The molecule has 0 spiro atoms. The van der Waals surface area contributed by atoms with Gasteiger partial charge in [-0.3, -0.25) is 0 Å². The van der Waals surface area contributed by atoms with Crippen molar-refractivity contribution < 1.29 is 0 Å². The highest BCUT2D eigenvalue weighted by molar-refractivity contribution is 5.77. The molecule has 1 aromatic carbocycles. The molecule has 5 heteroatoms. The number of para-hydroxylation sites is 1. The summed E-state index contributed by atoms with van der Waals surface area (Å²) < 4.78 is 2.35. The number of hydrogen-bond donors (Lipinski definition) is 0. The summed E-state index contributed by atoms with van der Waals surface area (Å²) in [5.74, 6) is 1.08. The van der Waals surface area contributed by atoms with Crippen LogP contribution in [0.5, 0.6) is 0 Å². The number of nitrogens with zero attached hydrogens (tertiary/aromatic N) is 5. The van der Waals surface area contributed by atoms with Gasteiger partial charge in [0.2, 0.25) is 5.82 Å². The second kappa shape index (κ2) is 7.87. The molecule has 1 aliphatic carbocycles. The highest BCUT2D eigenvalue weighted by Gasteiger charge is 2.22. The summed E-state index contributed by atoms with van der Waals surface area (Å²) in [7, 11) is 0. The van der Waals surface area contributed by atoms with Crippen LogP contribution in [-0.2, 0) is 19.5 Å². The van der Waals surface area contributed by atoms with Gasteiger partial charge < -0.3 is 9.47 Å². The number of fused-ring (bicyclic) bond motifs is 2. The van der Waals surface area contributed by atoms with E-state index in [-0.39, 0.29) is 5.82 Å². The molecule has 148 valence electrons. The number of benzene rings is 1. The molecule has 1 aliphatic heterocycles. The maximum Gasteiger partial charge on any atom is 0.234 e. The van der Waals surface area contributed by atoms with Crippen LogP contribution in [0.1, 0.15) is 55.6 Å². The van der Waals surface area contributed by atoms with Crippen LogP contribution < -0.4 is 4.90 Å². The predicted molar refractivity (Wildman–Crippen MR) is 115 cm³/mol. The average Bonchev–Trinajstić information content (AvgIpc) is 3.34. The summed E-state index contributed by atoms with van der Waals surface area (Å²) in [5, 5.41) is 10.3. The van der Waals surface area contributed by atoms with Crippen LogP contribution in [0.4, 0.5) is 5.69 Å². The maximum absolute atomic E-state index is 9.28. The predicted octanol–water partition coefficient (Wildman–Crippen LogP) is 4.84. The fraction of sp³-hybridized carbons (Fsp3) is 0.458. The molecule has 0 saturated heterocycles. The molecule has 0 atom stereocenters. The van der Waals surface area contributed by atoms with Crippen LogP contribution in [0.2, 0.25) is 0 Å². The van der Waals surface area contributed by atoms with Crippen molar-refractivity contribution in [3.05, 3.63) is 53.6 Å². The van der Waals surface area contributed by atoms with E-state index in [0.29, 0.717) is 0 Å². The van der Waals surface area contributed by atoms with Crippen LogP contribution in [0, 0.1) is 17.2 Å². The Labute approximate surface area is 172 Å². The summed E-state index contributed by atoms with van der Waals surface area (Å²) in [6.45, 7) is 2.90. The first-order valence-corrected chi connectivity index (χ1v) is 10.9. The summed E-state index contributed by atoms with van der Waals surface area (Å²) in [5.41, 5.74) is 4.97. The smallest absolute Gasteiger partial charge is 0.234 e. The zero-order valence-corrected chi connectivity index (χ0v) is 16.8. The third-order valence-electron chi connectivity index (χ3n) is 6.64. The van der Waals surface area contributed by atoms with Crippen LogP contribution >= 0.6 is 0 Å². The van der Waals surface area contributed by atoms with Gasteiger partial charge in [0.05, 0.1) is 6.54 Å². The lowest BCUT2D eigenvalue weighted by molar-refractivity contribution is 0.324. The quantitative estimate of drug-likeness (QED) is 0.631. The third-order valence-corrected chi connectivity index (χ3v) is 6.64. The first-order valence-electron chi connectivity index (χ1n) is 10.9. The Morgan fingerprint density at radius 1 is 1.14 bits per heavy atom. The number of rotatable bonds is 5. The van der Waals surface area contributed by atoms with Gasteiger partial charge in [-0.1, -0.05) is 50.3 Å². The van der Waals surface area contributed by atoms with Gasteiger partial charge in [0, 0.05) is 36.1 Å². The number of hydrogen-bond acceptors (Lipinski definition) is 4. The molecule has 5 nitrogen and oxygen atoms in total. The van der Waals surface area contributed by atoms with Crippen molar-refractivity contribution in [3.63, 3.8) is 0 Å². The van der Waals surface area contributed by atoms with E-state index in [1.165, 1.54) is 55.5 Å². The standard InChI is InChI=1S/C24H27N5/c25-15-23-26-16-20-14-21(17-28-12-11-19-8-4-5-9-22(19)28)29(24(20)27-23)13-10-18-6-2-1-3-7-18/h4-5,8-9,14,16,18H,1-3,6-7,10-13,17H2. The van der Waals surface area contributed by atoms with Crippen LogP contribution in [0.25, 0.3) is 11.0 Å². The topological polar surface area (TPSA) is 57.7 Å². The maximum atomic E-state index is 9.28. The van der Waals surface area contributed by atoms with Crippen molar-refractivity contribution in [1.29, 1.82) is 5.26 Å². The van der Waals surface area contributed by atoms with Crippen molar-refractivity contribution in [2.75, 3.05) is 11.4 Å². The van der Waals surface area contributed by atoms with Gasteiger partial charge in [-0.05, 0) is 36.5 Å². The van der Waals surface area contributed by atoms with E-state index in [0.717, 1.165) is 43.0 Å². The van der Waals surface area contributed by atoms with Crippen LogP contribution in [0.15, 0.2) is 36.5 Å². The fourth-order valence-corrected chi connectivity index (χ4v) is 5.08. The second-order valence-electron chi connectivity index (χ2n) is 8.46. The van der Waals surface area contributed by atoms with Crippen molar-refractivity contribution >= 4 is 16.7 Å². The Kier molecular flexibility index (Phi) is 4.93. The van der Waals surface area contributed by atoms with Gasteiger partial charge in [-0.15, -0.1) is 0 Å². The minimum absolute atomic E-state index is 0.257. The van der Waals surface area contributed by atoms with Gasteiger partial charge in [0.15, 0.2) is 0 Å². The molecule has 0 radical (unpaired) electrons. The van der Waals surface area contributed by atoms with E-state index in [2.05, 4.69) is 55.8 Å². The number of anilines is 1. The molecule has 29 heavy (non-hydrogen) atoms. The zero-order valence-electron chi connectivity index (χ0n) is 16.8. The molecule has 0 N–H and O–H groups in total. The molecule has 2 aliphatic rings. The average molecular weight is 386 g/mol. The van der Waals surface area contributed by atoms with E-state index in [1.807, 2.05) is 0 Å². The summed E-state index contributed by atoms with van der Waals surface area (Å²) in [6.07, 6.45) is 10.9. The van der Waals surface area contributed by atoms with Gasteiger partial charge in [0.1, 0.15) is 11.7 Å². The zero-order chi connectivity index (χ0) is 19.6. The third kappa shape index (κ3) is 3.60. The van der Waals surface area contributed by atoms with Crippen molar-refractivity contribution in [2.45, 2.75) is 58.0 Å². The number of aromatic nitrogens is 3. The first kappa shape index (κ1) is 18.2. The second-order valence-corrected chi connectivity index (χ2v) is 8.46. The monoisotopic (exact) mass is 385 g/mol. The molecular weight excluding hydrogens is 358 g/mol. The molecule has 1 saturated carbocycles. The van der Waals surface area contributed by atoms with Gasteiger partial charge >= 0.3 is 0 Å². The fourth-order valence-electron chi connectivity index (χ4n) is 5.08. The normalized spacial score (nSPS) is 16.9. The van der Waals surface area contributed by atoms with Crippen molar-refractivity contribution in [3.8, 4) is 6.07 Å². The lowest BCUT2D eigenvalue weighted by atomic mass is 9.87. The SMILES string of the molecule is N#Cc1ncc2cc(CN3CCc4ccccc43)n(CCC3CCCCC3)c2n1. The molecule has 3 aromatic rings. The van der Waals surface area contributed by atoms with Crippen molar-refractivity contribution in [1.82, 2.24) is 14.5 Å². The van der Waals surface area contributed by atoms with E-state index < -0.39 is 0 Å². The lowest BCUT2D eigenvalue weighted by Crippen LogP contribution is -2.22. The molecular formula is C24H27N5. The van der Waals surface area contributed by atoms with E-state index >= 15 is 0 Å². The minimum Gasteiger partial charge on any atom is -0.365 e. The number of aryl methyl sites for hydroxylation is 1. The van der Waals surface area contributed by atoms with Gasteiger partial charge in [-0.2, -0.15) is 5.26 Å². The van der Waals surface area contributed by atoms with Crippen molar-refractivity contribution in [2.24, 2.45) is 5.92 Å². The Morgan fingerprint density at radius 3 is 2.86 bits per heavy atom. The highest BCUT2D eigenvalue weighted by Crippen LogP contribution is 2.31. The number of nitriles is 1. The largest absolute Gasteiger partial charge is 0.365 e.